The molecule has 0 fully saturated rings. The second-order valence-corrected chi connectivity index (χ2v) is 14.2. The number of amides is 3. The van der Waals surface area contributed by atoms with E-state index in [0.29, 0.717) is 22.0 Å². The lowest BCUT2D eigenvalue weighted by Crippen LogP contribution is -2.53. The number of carbonyl (C=O) groups is 5. The first-order chi connectivity index (χ1) is 24.3. The van der Waals surface area contributed by atoms with Crippen LogP contribution in [0.4, 0.5) is 11.4 Å². The predicted octanol–water partition coefficient (Wildman–Crippen LogP) is 3.57. The van der Waals surface area contributed by atoms with Crippen LogP contribution >= 0.6 is 11.6 Å². The van der Waals surface area contributed by atoms with Crippen LogP contribution in [0.5, 0.6) is 0 Å². The van der Waals surface area contributed by atoms with E-state index in [4.69, 9.17) is 11.6 Å². The smallest absolute Gasteiger partial charge is 0.327 e. The van der Waals surface area contributed by atoms with Gasteiger partial charge in [-0.15, -0.1) is 0 Å². The Labute approximate surface area is 307 Å². The molecule has 3 amide bonds. The van der Waals surface area contributed by atoms with Gasteiger partial charge in [0.15, 0.2) is 5.82 Å². The average Bonchev–Trinajstić information content (AvgIpc) is 3.01. The summed E-state index contributed by atoms with van der Waals surface area (Å²) in [4.78, 5) is 72.6. The number of hydrogen-bond donors (Lipinski definition) is 8. The molecule has 0 saturated carbocycles. The van der Waals surface area contributed by atoms with Gasteiger partial charge in [0.1, 0.15) is 18.1 Å². The molecule has 0 aromatic heterocycles. The summed E-state index contributed by atoms with van der Waals surface area (Å²) in [6.07, 6.45) is 0.920. The molecule has 0 spiro atoms. The van der Waals surface area contributed by atoms with Crippen LogP contribution in [0.2, 0.25) is 5.02 Å². The van der Waals surface area contributed by atoms with Crippen LogP contribution in [-0.2, 0) is 30.4 Å². The molecule has 0 saturated heterocycles. The monoisotopic (exact) mass is 745 g/mol. The van der Waals surface area contributed by atoms with E-state index in [2.05, 4.69) is 31.9 Å². The van der Waals surface area contributed by atoms with Gasteiger partial charge in [-0.1, -0.05) is 58.4 Å². The third-order valence-corrected chi connectivity index (χ3v) is 7.46. The highest BCUT2D eigenvalue weighted by molar-refractivity contribution is 6.30. The van der Waals surface area contributed by atoms with Crippen molar-refractivity contribution >= 4 is 52.6 Å². The maximum absolute atomic E-state index is 13.2. The Hall–Kier alpha value is -5.22. The first-order valence-electron chi connectivity index (χ1n) is 16.6. The topological polar surface area (TPSA) is 241 Å². The van der Waals surface area contributed by atoms with Gasteiger partial charge >= 0.3 is 11.9 Å². The van der Waals surface area contributed by atoms with E-state index in [-0.39, 0.29) is 55.9 Å². The fourth-order valence-electron chi connectivity index (χ4n) is 4.83. The minimum Gasteiger partial charge on any atom is -0.480 e. The van der Waals surface area contributed by atoms with Crippen molar-refractivity contribution < 1.29 is 39.1 Å². The van der Waals surface area contributed by atoms with Gasteiger partial charge in [-0.05, 0) is 72.7 Å². The number of hydrogen-bond acceptors (Lipinski definition) is 10. The molecule has 0 bridgehead atoms. The van der Waals surface area contributed by atoms with Crippen LogP contribution in [-0.4, -0.2) is 76.0 Å². The Morgan fingerprint density at radius 2 is 1.37 bits per heavy atom. The maximum atomic E-state index is 13.2. The second-order valence-electron chi connectivity index (χ2n) is 13.8. The molecule has 52 heavy (non-hydrogen) atoms. The second kappa shape index (κ2) is 20.6. The maximum Gasteiger partial charge on any atom is 0.327 e. The molecular weight excluding hydrogens is 698 g/mol. The molecule has 16 nitrogen and oxygen atoms in total. The molecular formula is C35H48ClN7O9. The Morgan fingerprint density at radius 3 is 1.87 bits per heavy atom. The lowest BCUT2D eigenvalue weighted by molar-refractivity contribution is -0.403. The van der Waals surface area contributed by atoms with Crippen molar-refractivity contribution in [2.24, 2.45) is 11.3 Å². The van der Waals surface area contributed by atoms with Crippen molar-refractivity contribution in [2.45, 2.75) is 78.4 Å². The Kier molecular flexibility index (Phi) is 17.0. The zero-order valence-electron chi connectivity index (χ0n) is 29.8. The molecule has 284 valence electrons. The number of aliphatic carboxylic acids is 2. The molecule has 8 N–H and O–H groups in total. The van der Waals surface area contributed by atoms with E-state index in [1.807, 2.05) is 34.6 Å². The number of carboxylic acids is 2. The summed E-state index contributed by atoms with van der Waals surface area (Å²) in [5, 5.41) is 47.2. The summed E-state index contributed by atoms with van der Waals surface area (Å²) >= 11 is 5.91. The summed E-state index contributed by atoms with van der Waals surface area (Å²) in [5.74, 6) is -4.11. The molecule has 17 heteroatoms. The summed E-state index contributed by atoms with van der Waals surface area (Å²) in [7, 11) is 0. The number of nitrogens with one attached hydrogen (secondary N) is 6. The van der Waals surface area contributed by atoms with E-state index < -0.39 is 52.7 Å². The standard InChI is InChI=1S/C35H48ClN7O9/c1-21(2)16-27(32(46)42-26(33(47)48)14-15-37-19-28(34(49)50)41-31(45)18-35(3,4)5)40-30(44)17-22-6-10-24(11-7-22)38-29(20-43(51)52)39-25-12-8-23(36)9-13-25/h6-13,20-21,26-28,37-39H,14-19H2,1-5H3,(H,40,44)(H,41,45)(H,42,46)(H,47,48)(H,49,50)/b29-20+. The lowest BCUT2D eigenvalue weighted by atomic mass is 9.92. The van der Waals surface area contributed by atoms with Crippen LogP contribution in [0.3, 0.4) is 0 Å². The van der Waals surface area contributed by atoms with E-state index in [0.717, 1.165) is 6.20 Å². The van der Waals surface area contributed by atoms with Gasteiger partial charge in [0.2, 0.25) is 17.7 Å². The number of halogens is 1. The summed E-state index contributed by atoms with van der Waals surface area (Å²) in [6, 6.07) is 9.51. The molecule has 0 aliphatic carbocycles. The normalized spacial score (nSPS) is 13.3. The highest BCUT2D eigenvalue weighted by atomic mass is 35.5. The third kappa shape index (κ3) is 17.1. The first kappa shape index (κ1) is 42.9. The molecule has 3 atom stereocenters. The molecule has 0 aliphatic heterocycles. The minimum absolute atomic E-state index is 0.0166. The Bertz CT molecular complexity index is 1580. The van der Waals surface area contributed by atoms with Gasteiger partial charge in [0.25, 0.3) is 6.20 Å². The summed E-state index contributed by atoms with van der Waals surface area (Å²) in [5.41, 5.74) is 1.30. The quantitative estimate of drug-likeness (QED) is 0.0520. The highest BCUT2D eigenvalue weighted by Crippen LogP contribution is 2.19. The van der Waals surface area contributed by atoms with E-state index in [1.54, 1.807) is 48.5 Å². The largest absolute Gasteiger partial charge is 0.480 e. The molecule has 3 unspecified atom stereocenters. The number of nitro groups is 1. The number of rotatable bonds is 21. The fraction of sp³-hybridized carbons (Fsp3) is 0.457. The van der Waals surface area contributed by atoms with Gasteiger partial charge < -0.3 is 42.1 Å². The van der Waals surface area contributed by atoms with Crippen molar-refractivity contribution in [1.82, 2.24) is 21.3 Å². The van der Waals surface area contributed by atoms with Crippen LogP contribution in [0.25, 0.3) is 0 Å². The van der Waals surface area contributed by atoms with Crippen molar-refractivity contribution in [3.05, 3.63) is 81.3 Å². The lowest BCUT2D eigenvalue weighted by Gasteiger charge is -2.23. The third-order valence-electron chi connectivity index (χ3n) is 7.21. The number of carboxylic acid groups (broad SMARTS) is 2. The van der Waals surface area contributed by atoms with Gasteiger partial charge in [0, 0.05) is 29.4 Å². The fourth-order valence-corrected chi connectivity index (χ4v) is 4.96. The average molecular weight is 746 g/mol. The Morgan fingerprint density at radius 1 is 0.827 bits per heavy atom. The van der Waals surface area contributed by atoms with Crippen molar-refractivity contribution in [3.8, 4) is 0 Å². The van der Waals surface area contributed by atoms with E-state index >= 15 is 0 Å². The summed E-state index contributed by atoms with van der Waals surface area (Å²) in [6.45, 7) is 9.09. The van der Waals surface area contributed by atoms with Crippen LogP contribution in [0.1, 0.15) is 59.4 Å². The van der Waals surface area contributed by atoms with Gasteiger partial charge in [-0.3, -0.25) is 24.5 Å². The zero-order chi connectivity index (χ0) is 39.0. The van der Waals surface area contributed by atoms with E-state index in [9.17, 15) is 44.3 Å². The SMILES string of the molecule is CC(C)CC(NC(=O)Cc1ccc(N/C(=C\[N+](=O)[O-])Nc2ccc(Cl)cc2)cc1)C(=O)NC(CCNCC(NC(=O)CC(C)(C)C)C(=O)O)C(=O)O. The van der Waals surface area contributed by atoms with Crippen molar-refractivity contribution in [1.29, 1.82) is 0 Å². The molecule has 0 aliphatic rings. The predicted molar refractivity (Wildman–Crippen MR) is 196 cm³/mol. The summed E-state index contributed by atoms with van der Waals surface area (Å²) < 4.78 is 0. The number of carbonyl (C=O) groups excluding carboxylic acids is 3. The van der Waals surface area contributed by atoms with Gasteiger partial charge in [-0.25, -0.2) is 9.59 Å². The van der Waals surface area contributed by atoms with Gasteiger partial charge in [0.05, 0.1) is 11.3 Å². The molecule has 2 rings (SSSR count). The Balaban J connectivity index is 1.97. The first-order valence-corrected chi connectivity index (χ1v) is 17.0. The highest BCUT2D eigenvalue weighted by Gasteiger charge is 2.28. The van der Waals surface area contributed by atoms with Crippen LogP contribution in [0, 0.1) is 21.4 Å². The van der Waals surface area contributed by atoms with Crippen LogP contribution < -0.4 is 31.9 Å². The van der Waals surface area contributed by atoms with E-state index in [1.165, 1.54) is 0 Å². The number of anilines is 2. The molecule has 0 radical (unpaired) electrons. The number of nitrogens with zero attached hydrogens (tertiary/aromatic N) is 1. The number of benzene rings is 2. The minimum atomic E-state index is -1.34. The molecule has 2 aromatic carbocycles. The molecule has 0 heterocycles. The van der Waals surface area contributed by atoms with Crippen molar-refractivity contribution in [3.63, 3.8) is 0 Å². The van der Waals surface area contributed by atoms with Crippen molar-refractivity contribution in [2.75, 3.05) is 23.7 Å². The zero-order valence-corrected chi connectivity index (χ0v) is 30.6. The van der Waals surface area contributed by atoms with Gasteiger partial charge in [-0.2, -0.15) is 0 Å². The molecule has 2 aromatic rings. The van der Waals surface area contributed by atoms with Crippen LogP contribution in [0.15, 0.2) is 60.6 Å².